The molecule has 1 heterocycles. The Hall–Kier alpha value is -0.0800. The van der Waals surface area contributed by atoms with Crippen molar-refractivity contribution in [2.45, 2.75) is 95.6 Å². The summed E-state index contributed by atoms with van der Waals surface area (Å²) in [5, 5.41) is 3.83. The van der Waals surface area contributed by atoms with E-state index in [4.69, 9.17) is 4.74 Å². The smallest absolute Gasteiger partial charge is 0.0685 e. The van der Waals surface area contributed by atoms with Crippen LogP contribution < -0.4 is 5.32 Å². The van der Waals surface area contributed by atoms with Crippen LogP contribution >= 0.6 is 0 Å². The highest BCUT2D eigenvalue weighted by Gasteiger charge is 2.41. The van der Waals surface area contributed by atoms with Crippen molar-refractivity contribution in [3.05, 3.63) is 0 Å². The molecule has 2 aliphatic carbocycles. The SMILES string of the molecule is CCNC(CCC1CCCC1)C1CCOC2(CCCC2)C1. The van der Waals surface area contributed by atoms with Gasteiger partial charge in [-0.1, -0.05) is 45.4 Å². The molecule has 0 bridgehead atoms. The first kappa shape index (κ1) is 15.8. The van der Waals surface area contributed by atoms with Crippen molar-refractivity contribution < 1.29 is 4.74 Å². The molecule has 1 saturated heterocycles. The Kier molecular flexibility index (Phi) is 5.61. The van der Waals surface area contributed by atoms with E-state index in [2.05, 4.69) is 12.2 Å². The summed E-state index contributed by atoms with van der Waals surface area (Å²) in [5.74, 6) is 1.89. The van der Waals surface area contributed by atoms with Crippen LogP contribution in [-0.2, 0) is 4.74 Å². The second kappa shape index (κ2) is 7.46. The fourth-order valence-electron chi connectivity index (χ4n) is 5.26. The second-order valence-electron chi connectivity index (χ2n) is 7.88. The summed E-state index contributed by atoms with van der Waals surface area (Å²) < 4.78 is 6.24. The minimum Gasteiger partial charge on any atom is -0.375 e. The molecule has 0 amide bonds. The highest BCUT2D eigenvalue weighted by Crippen LogP contribution is 2.43. The van der Waals surface area contributed by atoms with E-state index in [0.29, 0.717) is 0 Å². The third kappa shape index (κ3) is 4.01. The molecule has 3 rings (SSSR count). The first-order valence-electron chi connectivity index (χ1n) is 9.69. The topological polar surface area (TPSA) is 21.3 Å². The van der Waals surface area contributed by atoms with Crippen LogP contribution in [0.5, 0.6) is 0 Å². The van der Waals surface area contributed by atoms with Gasteiger partial charge in [-0.2, -0.15) is 0 Å². The van der Waals surface area contributed by atoms with Crippen molar-refractivity contribution in [3.8, 4) is 0 Å². The van der Waals surface area contributed by atoms with Gasteiger partial charge in [0.2, 0.25) is 0 Å². The lowest BCUT2D eigenvalue weighted by Crippen LogP contribution is -2.45. The first-order chi connectivity index (χ1) is 10.3. The van der Waals surface area contributed by atoms with E-state index in [1.54, 1.807) is 0 Å². The minimum atomic E-state index is 0.282. The van der Waals surface area contributed by atoms with Crippen molar-refractivity contribution in [3.63, 3.8) is 0 Å². The summed E-state index contributed by atoms with van der Waals surface area (Å²) in [6.07, 6.45) is 16.9. The van der Waals surface area contributed by atoms with Gasteiger partial charge in [-0.15, -0.1) is 0 Å². The van der Waals surface area contributed by atoms with Gasteiger partial charge in [0.15, 0.2) is 0 Å². The molecule has 2 nitrogen and oxygen atoms in total. The quantitative estimate of drug-likeness (QED) is 0.768. The van der Waals surface area contributed by atoms with E-state index in [-0.39, 0.29) is 5.60 Å². The molecule has 0 radical (unpaired) electrons. The van der Waals surface area contributed by atoms with Gasteiger partial charge in [-0.3, -0.25) is 0 Å². The number of nitrogens with one attached hydrogen (secondary N) is 1. The zero-order chi connectivity index (χ0) is 14.5. The van der Waals surface area contributed by atoms with Crippen LogP contribution in [0.4, 0.5) is 0 Å². The van der Waals surface area contributed by atoms with Crippen LogP contribution in [0.1, 0.15) is 84.0 Å². The van der Waals surface area contributed by atoms with Gasteiger partial charge in [-0.05, 0) is 56.9 Å². The molecular weight excluding hydrogens is 258 g/mol. The van der Waals surface area contributed by atoms with Gasteiger partial charge in [0, 0.05) is 12.6 Å². The zero-order valence-corrected chi connectivity index (χ0v) is 14.0. The minimum absolute atomic E-state index is 0.282. The van der Waals surface area contributed by atoms with Crippen LogP contribution in [0.15, 0.2) is 0 Å². The Morgan fingerprint density at radius 2 is 1.86 bits per heavy atom. The number of ether oxygens (including phenoxy) is 1. The van der Waals surface area contributed by atoms with Crippen molar-refractivity contribution in [2.24, 2.45) is 11.8 Å². The second-order valence-corrected chi connectivity index (χ2v) is 7.88. The number of rotatable bonds is 6. The highest BCUT2D eigenvalue weighted by molar-refractivity contribution is 4.94. The molecule has 3 aliphatic rings. The Balaban J connectivity index is 1.54. The molecule has 2 unspecified atom stereocenters. The third-order valence-electron chi connectivity index (χ3n) is 6.44. The van der Waals surface area contributed by atoms with E-state index >= 15 is 0 Å². The fourth-order valence-corrected chi connectivity index (χ4v) is 5.26. The van der Waals surface area contributed by atoms with Crippen molar-refractivity contribution in [2.75, 3.05) is 13.2 Å². The molecule has 1 spiro atoms. The highest BCUT2D eigenvalue weighted by atomic mass is 16.5. The van der Waals surface area contributed by atoms with Gasteiger partial charge < -0.3 is 10.1 Å². The van der Waals surface area contributed by atoms with Gasteiger partial charge in [0.05, 0.1) is 5.60 Å². The molecular formula is C19H35NO. The van der Waals surface area contributed by atoms with E-state index < -0.39 is 0 Å². The normalized spacial score (nSPS) is 31.0. The largest absolute Gasteiger partial charge is 0.375 e. The Labute approximate surface area is 131 Å². The zero-order valence-electron chi connectivity index (χ0n) is 14.0. The Morgan fingerprint density at radius 3 is 2.57 bits per heavy atom. The molecule has 21 heavy (non-hydrogen) atoms. The number of hydrogen-bond acceptors (Lipinski definition) is 2. The van der Waals surface area contributed by atoms with Gasteiger partial charge in [0.1, 0.15) is 0 Å². The lowest BCUT2D eigenvalue weighted by atomic mass is 9.78. The van der Waals surface area contributed by atoms with E-state index in [0.717, 1.165) is 31.0 Å². The maximum Gasteiger partial charge on any atom is 0.0685 e. The maximum absolute atomic E-state index is 6.24. The summed E-state index contributed by atoms with van der Waals surface area (Å²) in [6.45, 7) is 4.41. The molecule has 0 aromatic heterocycles. The monoisotopic (exact) mass is 293 g/mol. The molecule has 3 fully saturated rings. The van der Waals surface area contributed by atoms with Crippen LogP contribution in [0.25, 0.3) is 0 Å². The molecule has 0 aromatic carbocycles. The van der Waals surface area contributed by atoms with E-state index in [9.17, 15) is 0 Å². The molecule has 2 atom stereocenters. The van der Waals surface area contributed by atoms with Gasteiger partial charge >= 0.3 is 0 Å². The third-order valence-corrected chi connectivity index (χ3v) is 6.44. The molecule has 122 valence electrons. The summed E-state index contributed by atoms with van der Waals surface area (Å²) in [7, 11) is 0. The fraction of sp³-hybridized carbons (Fsp3) is 1.00. The summed E-state index contributed by atoms with van der Waals surface area (Å²) in [6, 6.07) is 0.747. The molecule has 2 heteroatoms. The Bertz CT molecular complexity index is 305. The first-order valence-corrected chi connectivity index (χ1v) is 9.69. The van der Waals surface area contributed by atoms with Gasteiger partial charge in [-0.25, -0.2) is 0 Å². The van der Waals surface area contributed by atoms with Crippen LogP contribution in [0, 0.1) is 11.8 Å². The van der Waals surface area contributed by atoms with Crippen LogP contribution in [0.2, 0.25) is 0 Å². The van der Waals surface area contributed by atoms with Crippen molar-refractivity contribution in [1.29, 1.82) is 0 Å². The summed E-state index contributed by atoms with van der Waals surface area (Å²) in [5.41, 5.74) is 0.282. The average molecular weight is 293 g/mol. The van der Waals surface area contributed by atoms with Crippen molar-refractivity contribution in [1.82, 2.24) is 5.32 Å². The van der Waals surface area contributed by atoms with E-state index in [1.165, 1.54) is 77.0 Å². The van der Waals surface area contributed by atoms with Crippen molar-refractivity contribution >= 4 is 0 Å². The van der Waals surface area contributed by atoms with E-state index in [1.807, 2.05) is 0 Å². The predicted octanol–water partition coefficient (Wildman–Crippen LogP) is 4.67. The Morgan fingerprint density at radius 1 is 1.10 bits per heavy atom. The maximum atomic E-state index is 6.24. The predicted molar refractivity (Wildman–Crippen MR) is 88.5 cm³/mol. The van der Waals surface area contributed by atoms with Crippen LogP contribution in [0.3, 0.4) is 0 Å². The standard InChI is InChI=1S/C19H35NO/c1-2-20-18(10-9-16-7-3-4-8-16)17-11-14-21-19(15-17)12-5-6-13-19/h16-18,20H,2-15H2,1H3. The molecule has 1 N–H and O–H groups in total. The average Bonchev–Trinajstić information content (AvgIpc) is 3.16. The van der Waals surface area contributed by atoms with Crippen LogP contribution in [-0.4, -0.2) is 24.8 Å². The molecule has 1 aliphatic heterocycles. The summed E-state index contributed by atoms with van der Waals surface area (Å²) >= 11 is 0. The lowest BCUT2D eigenvalue weighted by Gasteiger charge is -2.42. The number of hydrogen-bond donors (Lipinski definition) is 1. The summed E-state index contributed by atoms with van der Waals surface area (Å²) in [4.78, 5) is 0. The van der Waals surface area contributed by atoms with Gasteiger partial charge in [0.25, 0.3) is 0 Å². The molecule has 2 saturated carbocycles. The molecule has 0 aromatic rings. The lowest BCUT2D eigenvalue weighted by molar-refractivity contribution is -0.0984.